The number of amides is 1. The second-order valence-corrected chi connectivity index (χ2v) is 6.88. The quantitative estimate of drug-likeness (QED) is 0.860. The zero-order valence-corrected chi connectivity index (χ0v) is 12.5. The van der Waals surface area contributed by atoms with E-state index in [2.05, 4.69) is 32.6 Å². The van der Waals surface area contributed by atoms with Crippen LogP contribution in [0.2, 0.25) is 0 Å². The number of carbonyl (C=O) groups is 1. The van der Waals surface area contributed by atoms with Gasteiger partial charge in [-0.05, 0) is 25.0 Å². The molecule has 6 heteroatoms. The van der Waals surface area contributed by atoms with Gasteiger partial charge in [-0.15, -0.1) is 11.8 Å². The van der Waals surface area contributed by atoms with Gasteiger partial charge in [0.1, 0.15) is 12.2 Å². The molecule has 0 saturated heterocycles. The van der Waals surface area contributed by atoms with Crippen LogP contribution in [-0.4, -0.2) is 25.8 Å². The van der Waals surface area contributed by atoms with Gasteiger partial charge in [0, 0.05) is 16.1 Å². The van der Waals surface area contributed by atoms with Crippen LogP contribution in [0.1, 0.15) is 31.5 Å². The van der Waals surface area contributed by atoms with Gasteiger partial charge in [0.25, 0.3) is 0 Å². The zero-order valence-electron chi connectivity index (χ0n) is 11.7. The molecule has 1 aliphatic carbocycles. The van der Waals surface area contributed by atoms with Crippen LogP contribution in [0.15, 0.2) is 41.6 Å². The van der Waals surface area contributed by atoms with Gasteiger partial charge >= 0.3 is 0 Å². The summed E-state index contributed by atoms with van der Waals surface area (Å²) in [6.07, 6.45) is 5.40. The number of nitrogens with zero attached hydrogens (tertiary/aromatic N) is 2. The van der Waals surface area contributed by atoms with Gasteiger partial charge in [-0.25, -0.2) is 4.98 Å². The Morgan fingerprint density at radius 1 is 1.33 bits per heavy atom. The molecule has 5 nitrogen and oxygen atoms in total. The molecule has 1 heterocycles. The van der Waals surface area contributed by atoms with Crippen LogP contribution in [0.5, 0.6) is 0 Å². The number of rotatable bonds is 6. The van der Waals surface area contributed by atoms with Crippen molar-refractivity contribution in [2.75, 3.05) is 0 Å². The molecule has 1 saturated carbocycles. The Balaban J connectivity index is 1.55. The van der Waals surface area contributed by atoms with E-state index in [1.807, 2.05) is 30.0 Å². The maximum atomic E-state index is 12.2. The highest BCUT2D eigenvalue weighted by Crippen LogP contribution is 2.49. The van der Waals surface area contributed by atoms with Gasteiger partial charge < -0.3 is 5.32 Å². The number of nitrogens with one attached hydrogen (secondary N) is 2. The Labute approximate surface area is 127 Å². The molecule has 1 fully saturated rings. The Kier molecular flexibility index (Phi) is 4.24. The van der Waals surface area contributed by atoms with Crippen molar-refractivity contribution in [2.24, 2.45) is 0 Å². The van der Waals surface area contributed by atoms with E-state index in [-0.39, 0.29) is 10.7 Å². The third kappa shape index (κ3) is 3.64. The third-order valence-electron chi connectivity index (χ3n) is 3.74. The molecule has 2 N–H and O–H groups in total. The predicted molar refractivity (Wildman–Crippen MR) is 81.7 cm³/mol. The van der Waals surface area contributed by atoms with Crippen molar-refractivity contribution in [3.8, 4) is 0 Å². The molecule has 0 bridgehead atoms. The van der Waals surface area contributed by atoms with Gasteiger partial charge in [-0.3, -0.25) is 9.89 Å². The summed E-state index contributed by atoms with van der Waals surface area (Å²) in [6.45, 7) is 0.408. The Hall–Kier alpha value is -1.82. The summed E-state index contributed by atoms with van der Waals surface area (Å²) in [5, 5.41) is 9.42. The summed E-state index contributed by atoms with van der Waals surface area (Å²) in [7, 11) is 0. The molecular formula is C15H18N4OS. The molecule has 0 atom stereocenters. The summed E-state index contributed by atoms with van der Waals surface area (Å²) < 4.78 is 0.0624. The lowest BCUT2D eigenvalue weighted by Crippen LogP contribution is -2.39. The smallest absolute Gasteiger partial charge is 0.221 e. The van der Waals surface area contributed by atoms with E-state index in [1.54, 1.807) is 0 Å². The highest BCUT2D eigenvalue weighted by molar-refractivity contribution is 8.00. The number of aromatic nitrogens is 3. The van der Waals surface area contributed by atoms with Gasteiger partial charge in [0.05, 0.1) is 6.54 Å². The topological polar surface area (TPSA) is 70.7 Å². The maximum absolute atomic E-state index is 12.2. The van der Waals surface area contributed by atoms with Crippen LogP contribution < -0.4 is 5.32 Å². The van der Waals surface area contributed by atoms with Crippen LogP contribution in [0.25, 0.3) is 0 Å². The number of hydrogen-bond donors (Lipinski definition) is 2. The lowest BCUT2D eigenvalue weighted by Gasteiger charge is -2.40. The monoisotopic (exact) mass is 302 g/mol. The molecule has 3 rings (SSSR count). The van der Waals surface area contributed by atoms with Crippen LogP contribution in [0.3, 0.4) is 0 Å². The van der Waals surface area contributed by atoms with Gasteiger partial charge in [-0.1, -0.05) is 24.6 Å². The van der Waals surface area contributed by atoms with Crippen molar-refractivity contribution < 1.29 is 4.79 Å². The summed E-state index contributed by atoms with van der Waals surface area (Å²) >= 11 is 1.83. The Morgan fingerprint density at radius 3 is 2.76 bits per heavy atom. The standard InChI is InChI=1S/C15H18N4OS/c20-14(16-10-13-17-11-18-19-13)9-15(7-4-8-15)21-12-5-2-1-3-6-12/h1-3,5-6,11H,4,7-10H2,(H,16,20)(H,17,18,19). The summed E-state index contributed by atoms with van der Waals surface area (Å²) in [6, 6.07) is 10.3. The highest BCUT2D eigenvalue weighted by atomic mass is 32.2. The van der Waals surface area contributed by atoms with E-state index in [9.17, 15) is 4.79 Å². The number of aromatic amines is 1. The van der Waals surface area contributed by atoms with Crippen molar-refractivity contribution in [2.45, 2.75) is 41.9 Å². The fraction of sp³-hybridized carbons (Fsp3) is 0.400. The molecule has 1 aromatic carbocycles. The first kappa shape index (κ1) is 14.1. The normalized spacial score (nSPS) is 16.2. The zero-order chi connectivity index (χ0) is 14.5. The van der Waals surface area contributed by atoms with Crippen molar-refractivity contribution in [3.63, 3.8) is 0 Å². The molecule has 2 aromatic rings. The van der Waals surface area contributed by atoms with E-state index in [0.717, 1.165) is 12.8 Å². The summed E-state index contributed by atoms with van der Waals surface area (Å²) in [4.78, 5) is 17.4. The minimum absolute atomic E-state index is 0.0624. The molecule has 0 unspecified atom stereocenters. The number of hydrogen-bond acceptors (Lipinski definition) is 4. The fourth-order valence-electron chi connectivity index (χ4n) is 2.48. The van der Waals surface area contributed by atoms with Crippen molar-refractivity contribution in [3.05, 3.63) is 42.5 Å². The lowest BCUT2D eigenvalue weighted by atomic mass is 9.81. The largest absolute Gasteiger partial charge is 0.349 e. The molecule has 1 aliphatic rings. The van der Waals surface area contributed by atoms with E-state index < -0.39 is 0 Å². The van der Waals surface area contributed by atoms with E-state index in [4.69, 9.17) is 0 Å². The maximum Gasteiger partial charge on any atom is 0.221 e. The fourth-order valence-corrected chi connectivity index (χ4v) is 3.97. The van der Waals surface area contributed by atoms with Crippen LogP contribution in [-0.2, 0) is 11.3 Å². The molecular weight excluding hydrogens is 284 g/mol. The van der Waals surface area contributed by atoms with Crippen LogP contribution in [0.4, 0.5) is 0 Å². The predicted octanol–water partition coefficient (Wildman–Crippen LogP) is 2.53. The molecule has 0 aliphatic heterocycles. The second-order valence-electron chi connectivity index (χ2n) is 5.34. The first-order valence-electron chi connectivity index (χ1n) is 7.11. The average molecular weight is 302 g/mol. The van der Waals surface area contributed by atoms with E-state index in [0.29, 0.717) is 18.8 Å². The summed E-state index contributed by atoms with van der Waals surface area (Å²) in [5.41, 5.74) is 0. The Bertz CT molecular complexity index is 581. The van der Waals surface area contributed by atoms with Crippen LogP contribution in [0, 0.1) is 0 Å². The number of H-pyrrole nitrogens is 1. The Morgan fingerprint density at radius 2 is 2.14 bits per heavy atom. The van der Waals surface area contributed by atoms with Gasteiger partial charge in [0.15, 0.2) is 0 Å². The first-order chi connectivity index (χ1) is 10.3. The molecule has 21 heavy (non-hydrogen) atoms. The number of benzene rings is 1. The molecule has 0 spiro atoms. The molecule has 1 aromatic heterocycles. The first-order valence-corrected chi connectivity index (χ1v) is 7.92. The van der Waals surface area contributed by atoms with E-state index in [1.165, 1.54) is 17.6 Å². The average Bonchev–Trinajstić information content (AvgIpc) is 2.97. The SMILES string of the molecule is O=C(CC1(Sc2ccccc2)CCC1)NCc1ncn[nH]1. The molecule has 0 radical (unpaired) electrons. The minimum Gasteiger partial charge on any atom is -0.349 e. The van der Waals surface area contributed by atoms with Crippen molar-refractivity contribution >= 4 is 17.7 Å². The minimum atomic E-state index is 0.0624. The van der Waals surface area contributed by atoms with Crippen molar-refractivity contribution in [1.82, 2.24) is 20.5 Å². The van der Waals surface area contributed by atoms with E-state index >= 15 is 0 Å². The lowest BCUT2D eigenvalue weighted by molar-refractivity contribution is -0.122. The molecule has 1 amide bonds. The third-order valence-corrected chi connectivity index (χ3v) is 5.24. The van der Waals surface area contributed by atoms with Gasteiger partial charge in [0.2, 0.25) is 5.91 Å². The number of thioether (sulfide) groups is 1. The summed E-state index contributed by atoms with van der Waals surface area (Å²) in [5.74, 6) is 0.760. The molecule has 110 valence electrons. The second kappa shape index (κ2) is 6.30. The van der Waals surface area contributed by atoms with Crippen molar-refractivity contribution in [1.29, 1.82) is 0 Å². The van der Waals surface area contributed by atoms with Gasteiger partial charge in [-0.2, -0.15) is 5.10 Å². The highest BCUT2D eigenvalue weighted by Gasteiger charge is 2.39. The number of carbonyl (C=O) groups excluding carboxylic acids is 1. The van der Waals surface area contributed by atoms with Crippen LogP contribution >= 0.6 is 11.8 Å².